The van der Waals surface area contributed by atoms with Crippen molar-refractivity contribution in [3.05, 3.63) is 11.4 Å². The van der Waals surface area contributed by atoms with Crippen LogP contribution in [-0.2, 0) is 7.05 Å². The van der Waals surface area contributed by atoms with E-state index in [0.29, 0.717) is 5.88 Å². The van der Waals surface area contributed by atoms with E-state index < -0.39 is 0 Å². The second-order valence-electron chi connectivity index (χ2n) is 3.37. The standard InChI is InChI=1S/C10H17ClN2O/c1-8-10(9(2)13(3)12-8)14-7-5-4-6-11/h4-7H2,1-3H3. The maximum absolute atomic E-state index is 5.65. The highest BCUT2D eigenvalue weighted by Gasteiger charge is 2.09. The fourth-order valence-corrected chi connectivity index (χ4v) is 1.52. The molecule has 0 N–H and O–H groups in total. The monoisotopic (exact) mass is 216 g/mol. The first kappa shape index (κ1) is 11.4. The summed E-state index contributed by atoms with van der Waals surface area (Å²) in [7, 11) is 1.92. The van der Waals surface area contributed by atoms with Gasteiger partial charge in [-0.25, -0.2) is 0 Å². The van der Waals surface area contributed by atoms with Crippen LogP contribution in [0.3, 0.4) is 0 Å². The molecule has 0 amide bonds. The molecule has 1 rings (SSSR count). The Hall–Kier alpha value is -0.700. The molecule has 0 saturated heterocycles. The molecule has 1 aromatic rings. The van der Waals surface area contributed by atoms with Crippen LogP contribution in [-0.4, -0.2) is 22.3 Å². The minimum absolute atomic E-state index is 0.703. The molecule has 0 radical (unpaired) electrons. The predicted molar refractivity (Wildman–Crippen MR) is 58.1 cm³/mol. The van der Waals surface area contributed by atoms with E-state index in [1.54, 1.807) is 0 Å². The van der Waals surface area contributed by atoms with Crippen molar-refractivity contribution >= 4 is 11.6 Å². The van der Waals surface area contributed by atoms with Crippen LogP contribution in [0.1, 0.15) is 24.2 Å². The molecule has 0 aliphatic rings. The van der Waals surface area contributed by atoms with Gasteiger partial charge in [0.15, 0.2) is 5.75 Å². The minimum Gasteiger partial charge on any atom is -0.490 e. The number of rotatable bonds is 5. The maximum atomic E-state index is 5.65. The van der Waals surface area contributed by atoms with Crippen LogP contribution in [0.4, 0.5) is 0 Å². The first-order chi connectivity index (χ1) is 6.66. The molecular weight excluding hydrogens is 200 g/mol. The van der Waals surface area contributed by atoms with E-state index in [9.17, 15) is 0 Å². The molecule has 80 valence electrons. The number of nitrogens with zero attached hydrogens (tertiary/aromatic N) is 2. The molecule has 0 saturated carbocycles. The molecule has 0 aliphatic heterocycles. The number of halogens is 1. The van der Waals surface area contributed by atoms with Gasteiger partial charge < -0.3 is 4.74 Å². The summed E-state index contributed by atoms with van der Waals surface area (Å²) < 4.78 is 7.49. The Labute approximate surface area is 90.0 Å². The largest absolute Gasteiger partial charge is 0.490 e. The quantitative estimate of drug-likeness (QED) is 0.559. The van der Waals surface area contributed by atoms with Crippen LogP contribution in [0.2, 0.25) is 0 Å². The van der Waals surface area contributed by atoms with Crippen LogP contribution in [0, 0.1) is 13.8 Å². The molecule has 1 aromatic heterocycles. The van der Waals surface area contributed by atoms with E-state index in [1.165, 1.54) is 0 Å². The van der Waals surface area contributed by atoms with Crippen LogP contribution in [0.15, 0.2) is 0 Å². The molecule has 0 fully saturated rings. The zero-order valence-corrected chi connectivity index (χ0v) is 9.76. The van der Waals surface area contributed by atoms with Gasteiger partial charge in [0.2, 0.25) is 0 Å². The number of hydrogen-bond donors (Lipinski definition) is 0. The third kappa shape index (κ3) is 2.64. The molecule has 1 heterocycles. The molecular formula is C10H17ClN2O. The third-order valence-electron chi connectivity index (χ3n) is 2.22. The van der Waals surface area contributed by atoms with E-state index in [4.69, 9.17) is 16.3 Å². The normalized spacial score (nSPS) is 10.6. The average Bonchev–Trinajstić information content (AvgIpc) is 2.38. The zero-order chi connectivity index (χ0) is 10.6. The van der Waals surface area contributed by atoms with Gasteiger partial charge >= 0.3 is 0 Å². The lowest BCUT2D eigenvalue weighted by Crippen LogP contribution is -1.99. The summed E-state index contributed by atoms with van der Waals surface area (Å²) in [5, 5.41) is 4.28. The van der Waals surface area contributed by atoms with E-state index in [2.05, 4.69) is 5.10 Å². The smallest absolute Gasteiger partial charge is 0.162 e. The highest BCUT2D eigenvalue weighted by Crippen LogP contribution is 2.21. The summed E-state index contributed by atoms with van der Waals surface area (Å²) in [5.41, 5.74) is 2.03. The average molecular weight is 217 g/mol. The van der Waals surface area contributed by atoms with Crippen molar-refractivity contribution in [1.29, 1.82) is 0 Å². The fraction of sp³-hybridized carbons (Fsp3) is 0.700. The molecule has 0 bridgehead atoms. The van der Waals surface area contributed by atoms with Gasteiger partial charge in [-0.2, -0.15) is 5.10 Å². The summed E-state index contributed by atoms with van der Waals surface area (Å²) in [4.78, 5) is 0. The highest BCUT2D eigenvalue weighted by molar-refractivity contribution is 6.17. The third-order valence-corrected chi connectivity index (χ3v) is 2.48. The number of unbranched alkanes of at least 4 members (excludes halogenated alkanes) is 1. The van der Waals surface area contributed by atoms with Gasteiger partial charge in [0.1, 0.15) is 5.69 Å². The number of aromatic nitrogens is 2. The Bertz CT molecular complexity index is 297. The molecule has 0 atom stereocenters. The molecule has 14 heavy (non-hydrogen) atoms. The van der Waals surface area contributed by atoms with Gasteiger partial charge in [0, 0.05) is 12.9 Å². The van der Waals surface area contributed by atoms with Crippen molar-refractivity contribution < 1.29 is 4.74 Å². The number of hydrogen-bond acceptors (Lipinski definition) is 2. The fourth-order valence-electron chi connectivity index (χ4n) is 1.33. The second-order valence-corrected chi connectivity index (χ2v) is 3.75. The van der Waals surface area contributed by atoms with Gasteiger partial charge in [0.05, 0.1) is 12.3 Å². The van der Waals surface area contributed by atoms with Crippen LogP contribution < -0.4 is 4.74 Å². The number of ether oxygens (including phenoxy) is 1. The van der Waals surface area contributed by atoms with E-state index in [1.807, 2.05) is 25.6 Å². The van der Waals surface area contributed by atoms with Gasteiger partial charge in [-0.1, -0.05) is 0 Å². The topological polar surface area (TPSA) is 27.1 Å². The van der Waals surface area contributed by atoms with Crippen LogP contribution in [0.25, 0.3) is 0 Å². The summed E-state index contributed by atoms with van der Waals surface area (Å²) in [6.45, 7) is 4.70. The first-order valence-electron chi connectivity index (χ1n) is 4.85. The Balaban J connectivity index is 2.49. The van der Waals surface area contributed by atoms with Crippen molar-refractivity contribution in [2.45, 2.75) is 26.7 Å². The molecule has 4 heteroatoms. The molecule has 0 aliphatic carbocycles. The Morgan fingerprint density at radius 3 is 2.57 bits per heavy atom. The van der Waals surface area contributed by atoms with Gasteiger partial charge in [-0.3, -0.25) is 4.68 Å². The van der Waals surface area contributed by atoms with Crippen LogP contribution >= 0.6 is 11.6 Å². The second kappa shape index (κ2) is 5.25. The lowest BCUT2D eigenvalue weighted by atomic mass is 10.3. The van der Waals surface area contributed by atoms with Crippen molar-refractivity contribution in [3.63, 3.8) is 0 Å². The van der Waals surface area contributed by atoms with Crippen molar-refractivity contribution in [3.8, 4) is 5.75 Å². The van der Waals surface area contributed by atoms with Gasteiger partial charge in [-0.15, -0.1) is 11.6 Å². The van der Waals surface area contributed by atoms with Crippen molar-refractivity contribution in [1.82, 2.24) is 9.78 Å². The Morgan fingerprint density at radius 1 is 1.36 bits per heavy atom. The molecule has 0 spiro atoms. The molecule has 0 unspecified atom stereocenters. The molecule has 3 nitrogen and oxygen atoms in total. The van der Waals surface area contributed by atoms with Crippen molar-refractivity contribution in [2.75, 3.05) is 12.5 Å². The summed E-state index contributed by atoms with van der Waals surface area (Å²) in [5.74, 6) is 1.62. The van der Waals surface area contributed by atoms with Crippen molar-refractivity contribution in [2.24, 2.45) is 7.05 Å². The summed E-state index contributed by atoms with van der Waals surface area (Å²) in [6, 6.07) is 0. The SMILES string of the molecule is Cc1nn(C)c(C)c1OCCCCCl. The lowest BCUT2D eigenvalue weighted by molar-refractivity contribution is 0.305. The maximum Gasteiger partial charge on any atom is 0.162 e. The van der Waals surface area contributed by atoms with E-state index in [0.717, 1.165) is 36.6 Å². The zero-order valence-electron chi connectivity index (χ0n) is 9.01. The highest BCUT2D eigenvalue weighted by atomic mass is 35.5. The van der Waals surface area contributed by atoms with Gasteiger partial charge in [0.25, 0.3) is 0 Å². The summed E-state index contributed by atoms with van der Waals surface area (Å²) >= 11 is 5.58. The Kier molecular flexibility index (Phi) is 4.26. The molecule has 0 aromatic carbocycles. The number of alkyl halides is 1. The number of aryl methyl sites for hydroxylation is 2. The van der Waals surface area contributed by atoms with Gasteiger partial charge in [-0.05, 0) is 26.7 Å². The lowest BCUT2D eigenvalue weighted by Gasteiger charge is -2.05. The minimum atomic E-state index is 0.703. The van der Waals surface area contributed by atoms with Crippen LogP contribution in [0.5, 0.6) is 5.75 Å². The van der Waals surface area contributed by atoms with E-state index in [-0.39, 0.29) is 0 Å². The predicted octanol–water partition coefficient (Wildman–Crippen LogP) is 2.43. The first-order valence-corrected chi connectivity index (χ1v) is 5.39. The Morgan fingerprint density at radius 2 is 2.07 bits per heavy atom. The summed E-state index contributed by atoms with van der Waals surface area (Å²) in [6.07, 6.45) is 2.00. The van der Waals surface area contributed by atoms with E-state index >= 15 is 0 Å².